The standard InChI is InChI=1S/C15H20ClNO3S/c1-9(2)15(13(18)19)7-11(5-6-12(15)16)17-14(21)20-8-10-3-4-10/h5-7,9-10,12H,3-4,8H2,1-2H3,(H,17,21)(H,18,19). The van der Waals surface area contributed by atoms with E-state index in [4.69, 9.17) is 28.6 Å². The van der Waals surface area contributed by atoms with Crippen LogP contribution in [0.5, 0.6) is 0 Å². The molecule has 2 rings (SSSR count). The summed E-state index contributed by atoms with van der Waals surface area (Å²) in [4.78, 5) is 11.7. The minimum Gasteiger partial charge on any atom is -0.481 e. The normalized spacial score (nSPS) is 28.2. The van der Waals surface area contributed by atoms with E-state index in [0.717, 1.165) is 0 Å². The third-order valence-corrected chi connectivity index (χ3v) is 4.74. The number of rotatable bonds is 5. The predicted octanol–water partition coefficient (Wildman–Crippen LogP) is 3.08. The van der Waals surface area contributed by atoms with Crippen molar-refractivity contribution in [2.75, 3.05) is 6.61 Å². The highest BCUT2D eigenvalue weighted by Crippen LogP contribution is 2.41. The topological polar surface area (TPSA) is 58.6 Å². The molecule has 1 fully saturated rings. The first-order valence-electron chi connectivity index (χ1n) is 7.08. The second-order valence-corrected chi connectivity index (χ2v) is 6.76. The molecule has 0 saturated heterocycles. The van der Waals surface area contributed by atoms with Crippen molar-refractivity contribution in [3.05, 3.63) is 23.9 Å². The van der Waals surface area contributed by atoms with Crippen LogP contribution in [-0.4, -0.2) is 28.2 Å². The van der Waals surface area contributed by atoms with E-state index in [1.807, 2.05) is 13.8 Å². The molecule has 2 aliphatic carbocycles. The van der Waals surface area contributed by atoms with Crippen molar-refractivity contribution in [1.82, 2.24) is 5.32 Å². The van der Waals surface area contributed by atoms with Gasteiger partial charge in [-0.2, -0.15) is 0 Å². The lowest BCUT2D eigenvalue weighted by Crippen LogP contribution is -2.44. The summed E-state index contributed by atoms with van der Waals surface area (Å²) in [6.07, 6.45) is 7.45. The Morgan fingerprint density at radius 1 is 1.62 bits per heavy atom. The monoisotopic (exact) mass is 329 g/mol. The van der Waals surface area contributed by atoms with Gasteiger partial charge < -0.3 is 15.2 Å². The number of carbonyl (C=O) groups is 1. The van der Waals surface area contributed by atoms with Crippen LogP contribution < -0.4 is 5.32 Å². The van der Waals surface area contributed by atoms with Gasteiger partial charge in [0.2, 0.25) is 0 Å². The third kappa shape index (κ3) is 3.58. The highest BCUT2D eigenvalue weighted by molar-refractivity contribution is 7.80. The minimum absolute atomic E-state index is 0.153. The highest BCUT2D eigenvalue weighted by atomic mass is 35.5. The van der Waals surface area contributed by atoms with E-state index in [9.17, 15) is 9.90 Å². The van der Waals surface area contributed by atoms with Gasteiger partial charge >= 0.3 is 5.97 Å². The predicted molar refractivity (Wildman–Crippen MR) is 86.2 cm³/mol. The van der Waals surface area contributed by atoms with Gasteiger partial charge in [0.05, 0.1) is 12.0 Å². The van der Waals surface area contributed by atoms with Gasteiger partial charge in [0.1, 0.15) is 5.41 Å². The van der Waals surface area contributed by atoms with Crippen LogP contribution in [0.4, 0.5) is 0 Å². The van der Waals surface area contributed by atoms with E-state index >= 15 is 0 Å². The lowest BCUT2D eigenvalue weighted by molar-refractivity contribution is -0.148. The maximum atomic E-state index is 11.7. The van der Waals surface area contributed by atoms with E-state index in [1.54, 1.807) is 18.2 Å². The van der Waals surface area contributed by atoms with Crippen LogP contribution in [0.1, 0.15) is 26.7 Å². The largest absolute Gasteiger partial charge is 0.481 e. The second-order valence-electron chi connectivity index (χ2n) is 5.92. The molecule has 0 aromatic carbocycles. The van der Waals surface area contributed by atoms with E-state index < -0.39 is 16.8 Å². The number of carboxylic acid groups (broad SMARTS) is 1. The number of allylic oxidation sites excluding steroid dienone is 2. The average molecular weight is 330 g/mol. The molecule has 2 unspecified atom stereocenters. The molecule has 2 atom stereocenters. The Kier molecular flexibility index (Phi) is 4.94. The summed E-state index contributed by atoms with van der Waals surface area (Å²) in [5, 5.41) is 12.2. The summed E-state index contributed by atoms with van der Waals surface area (Å²) in [7, 11) is 0. The van der Waals surface area contributed by atoms with Gasteiger partial charge in [-0.1, -0.05) is 19.9 Å². The van der Waals surface area contributed by atoms with E-state index in [0.29, 0.717) is 18.2 Å². The Labute approximate surface area is 135 Å². The zero-order chi connectivity index (χ0) is 15.6. The number of alkyl halides is 1. The Morgan fingerprint density at radius 3 is 2.81 bits per heavy atom. The van der Waals surface area contributed by atoms with Crippen molar-refractivity contribution in [2.24, 2.45) is 17.3 Å². The lowest BCUT2D eigenvalue weighted by atomic mass is 9.71. The smallest absolute Gasteiger partial charge is 0.315 e. The fourth-order valence-electron chi connectivity index (χ4n) is 2.35. The van der Waals surface area contributed by atoms with E-state index in [-0.39, 0.29) is 11.1 Å². The van der Waals surface area contributed by atoms with Gasteiger partial charge in [-0.25, -0.2) is 0 Å². The summed E-state index contributed by atoms with van der Waals surface area (Å²) >= 11 is 11.4. The number of halogens is 1. The molecule has 1 saturated carbocycles. The number of aliphatic carboxylic acids is 1. The van der Waals surface area contributed by atoms with Crippen LogP contribution in [0, 0.1) is 17.3 Å². The molecule has 0 amide bonds. The van der Waals surface area contributed by atoms with Gasteiger partial charge in [-0.15, -0.1) is 11.6 Å². The molecular formula is C15H20ClNO3S. The van der Waals surface area contributed by atoms with Crippen molar-refractivity contribution in [2.45, 2.75) is 32.1 Å². The molecule has 116 valence electrons. The van der Waals surface area contributed by atoms with Crippen LogP contribution in [0.15, 0.2) is 23.9 Å². The molecule has 0 aromatic heterocycles. The first-order valence-corrected chi connectivity index (χ1v) is 7.93. The number of ether oxygens (including phenoxy) is 1. The maximum absolute atomic E-state index is 11.7. The van der Waals surface area contributed by atoms with Crippen molar-refractivity contribution >= 4 is 35.0 Å². The summed E-state index contributed by atoms with van der Waals surface area (Å²) in [6.45, 7) is 4.31. The van der Waals surface area contributed by atoms with Crippen molar-refractivity contribution in [1.29, 1.82) is 0 Å². The number of hydrogen-bond acceptors (Lipinski definition) is 3. The van der Waals surface area contributed by atoms with Gasteiger partial charge in [-0.05, 0) is 49.0 Å². The van der Waals surface area contributed by atoms with Crippen molar-refractivity contribution in [3.8, 4) is 0 Å². The van der Waals surface area contributed by atoms with Crippen molar-refractivity contribution < 1.29 is 14.6 Å². The molecule has 0 spiro atoms. The number of hydrogen-bond donors (Lipinski definition) is 2. The highest BCUT2D eigenvalue weighted by Gasteiger charge is 2.47. The van der Waals surface area contributed by atoms with Gasteiger partial charge in [-0.3, -0.25) is 4.79 Å². The SMILES string of the molecule is CC(C)C1(C(=O)O)C=C(NC(=S)OCC2CC2)C=CC1Cl. The summed E-state index contributed by atoms with van der Waals surface area (Å²) in [5.74, 6) is -0.479. The zero-order valence-corrected chi connectivity index (χ0v) is 13.7. The quantitative estimate of drug-likeness (QED) is 0.599. The molecule has 0 bridgehead atoms. The average Bonchev–Trinajstić information content (AvgIpc) is 3.22. The Bertz CT molecular complexity index is 499. The zero-order valence-electron chi connectivity index (χ0n) is 12.1. The second kappa shape index (κ2) is 6.36. The Balaban J connectivity index is 2.09. The fraction of sp³-hybridized carbons (Fsp3) is 0.600. The number of carboxylic acids is 1. The molecule has 4 nitrogen and oxygen atoms in total. The van der Waals surface area contributed by atoms with Crippen LogP contribution in [0.3, 0.4) is 0 Å². The summed E-state index contributed by atoms with van der Waals surface area (Å²) in [6, 6.07) is 0. The summed E-state index contributed by atoms with van der Waals surface area (Å²) < 4.78 is 5.45. The van der Waals surface area contributed by atoms with Gasteiger partial charge in [0.15, 0.2) is 0 Å². The molecule has 0 radical (unpaired) electrons. The molecular weight excluding hydrogens is 310 g/mol. The van der Waals surface area contributed by atoms with E-state index in [1.165, 1.54) is 12.8 Å². The maximum Gasteiger partial charge on any atom is 0.315 e. The molecule has 0 heterocycles. The third-order valence-electron chi connectivity index (χ3n) is 4.01. The number of thiocarbonyl (C=S) groups is 1. The fourth-order valence-corrected chi connectivity index (χ4v) is 3.02. The Hall–Kier alpha value is -1.07. The molecule has 0 aliphatic heterocycles. The van der Waals surface area contributed by atoms with Crippen LogP contribution in [0.25, 0.3) is 0 Å². The van der Waals surface area contributed by atoms with Gasteiger partial charge in [0, 0.05) is 5.70 Å². The van der Waals surface area contributed by atoms with Crippen molar-refractivity contribution in [3.63, 3.8) is 0 Å². The van der Waals surface area contributed by atoms with Crippen LogP contribution in [-0.2, 0) is 9.53 Å². The van der Waals surface area contributed by atoms with Crippen LogP contribution >= 0.6 is 23.8 Å². The van der Waals surface area contributed by atoms with E-state index in [2.05, 4.69) is 5.32 Å². The first kappa shape index (κ1) is 16.3. The van der Waals surface area contributed by atoms with Gasteiger partial charge in [0.25, 0.3) is 5.17 Å². The molecule has 21 heavy (non-hydrogen) atoms. The molecule has 0 aromatic rings. The Morgan fingerprint density at radius 2 is 2.29 bits per heavy atom. The van der Waals surface area contributed by atoms with Crippen LogP contribution in [0.2, 0.25) is 0 Å². The molecule has 2 aliphatic rings. The first-order chi connectivity index (χ1) is 9.86. The number of nitrogens with one attached hydrogen (secondary N) is 1. The molecule has 6 heteroatoms. The lowest BCUT2D eigenvalue weighted by Gasteiger charge is -2.36. The molecule has 2 N–H and O–H groups in total. The minimum atomic E-state index is -1.15. The summed E-state index contributed by atoms with van der Waals surface area (Å²) in [5.41, 5.74) is -0.533.